The van der Waals surface area contributed by atoms with Crippen molar-refractivity contribution in [1.82, 2.24) is 4.98 Å². The van der Waals surface area contributed by atoms with Crippen LogP contribution in [0.2, 0.25) is 0 Å². The molecule has 3 aromatic rings. The summed E-state index contributed by atoms with van der Waals surface area (Å²) in [4.78, 5) is 15.9. The maximum Gasteiger partial charge on any atom is 0.387 e. The lowest BCUT2D eigenvalue weighted by Gasteiger charge is -2.18. The lowest BCUT2D eigenvalue weighted by molar-refractivity contribution is -0.0512. The van der Waals surface area contributed by atoms with Gasteiger partial charge in [-0.05, 0) is 61.6 Å². The van der Waals surface area contributed by atoms with Crippen LogP contribution in [0.1, 0.15) is 45.0 Å². The minimum absolute atomic E-state index is 0.0807. The van der Waals surface area contributed by atoms with E-state index in [0.29, 0.717) is 5.75 Å². The number of carboxylic acid groups (broad SMARTS) is 1. The first-order chi connectivity index (χ1) is 17.2. The quantitative estimate of drug-likeness (QED) is 0.291. The number of halogens is 2. The molecule has 194 valence electrons. The molecule has 9 heteroatoms. The molecule has 0 aliphatic heterocycles. The number of rotatable bonds is 10. The van der Waals surface area contributed by atoms with Crippen LogP contribution >= 0.6 is 11.3 Å². The zero-order chi connectivity index (χ0) is 26.2. The maximum absolute atomic E-state index is 12.3. The van der Waals surface area contributed by atoms with Gasteiger partial charge in [-0.3, -0.25) is 0 Å². The van der Waals surface area contributed by atoms with Crippen molar-refractivity contribution >= 4 is 17.3 Å². The summed E-state index contributed by atoms with van der Waals surface area (Å²) < 4.78 is 34.0. The van der Waals surface area contributed by atoms with Gasteiger partial charge in [0, 0.05) is 0 Å². The second kappa shape index (κ2) is 12.8. The van der Waals surface area contributed by atoms with E-state index in [-0.39, 0.29) is 11.4 Å². The molecule has 0 saturated heterocycles. The number of hydrogen-bond donors (Lipinski definition) is 1. The van der Waals surface area contributed by atoms with Crippen LogP contribution in [0, 0.1) is 26.7 Å². The fourth-order valence-electron chi connectivity index (χ4n) is 3.50. The third-order valence-electron chi connectivity index (χ3n) is 5.79. The van der Waals surface area contributed by atoms with E-state index in [0.717, 1.165) is 52.0 Å². The highest BCUT2D eigenvalue weighted by Gasteiger charge is 2.18. The molecule has 1 heterocycles. The third kappa shape index (κ3) is 7.99. The molecule has 1 aliphatic rings. The Kier molecular flexibility index (Phi) is 9.78. The summed E-state index contributed by atoms with van der Waals surface area (Å²) in [5.41, 5.74) is 4.36. The summed E-state index contributed by atoms with van der Waals surface area (Å²) >= 11 is 1.42. The van der Waals surface area contributed by atoms with Gasteiger partial charge in [0.15, 0.2) is 17.2 Å². The molecule has 0 atom stereocenters. The fourth-order valence-corrected chi connectivity index (χ4v) is 4.40. The Morgan fingerprint density at radius 1 is 1.14 bits per heavy atom. The number of alkyl halides is 2. The average Bonchev–Trinajstić information content (AvgIpc) is 3.57. The van der Waals surface area contributed by atoms with Gasteiger partial charge >= 0.3 is 12.6 Å². The highest BCUT2D eigenvalue weighted by molar-refractivity contribution is 7.15. The van der Waals surface area contributed by atoms with Gasteiger partial charge in [0.2, 0.25) is 0 Å². The molecule has 1 fully saturated rings. The largest absolute Gasteiger partial charge is 0.662 e. The van der Waals surface area contributed by atoms with Crippen molar-refractivity contribution in [2.24, 2.45) is 5.92 Å². The maximum atomic E-state index is 12.3. The molecule has 6 nitrogen and oxygen atoms in total. The Hall–Kier alpha value is -3.04. The topological polar surface area (TPSA) is 82.8 Å². The fraction of sp³-hybridized carbons (Fsp3) is 0.407. The monoisotopic (exact) mass is 517 g/mol. The van der Waals surface area contributed by atoms with Crippen LogP contribution < -0.4 is 9.47 Å². The standard InChI is InChI=1S/C14H18F2NO2.C13H13NO2S/c1-18-12-5-4-10(8-13(12)19-14(15)16)6-7-17-9-11-2-3-11;1-7-4-5-10(6-8(7)2)12-11(13(15)16)14-9(3)17-12/h4-5,8,11,14H,2-3,6-7,9H2,1H3;4-6H,1-3H3,(H,15,16)/q-1;. The van der Waals surface area contributed by atoms with Gasteiger partial charge in [-0.2, -0.15) is 8.78 Å². The normalized spacial score (nSPS) is 12.8. The summed E-state index contributed by atoms with van der Waals surface area (Å²) in [5, 5.41) is 14.3. The Balaban J connectivity index is 0.000000202. The number of hydrogen-bond acceptors (Lipinski definition) is 5. The van der Waals surface area contributed by atoms with E-state index in [1.54, 1.807) is 12.1 Å². The van der Waals surface area contributed by atoms with Crippen molar-refractivity contribution in [3.63, 3.8) is 0 Å². The number of nitrogens with zero attached hydrogens (tertiary/aromatic N) is 2. The van der Waals surface area contributed by atoms with Crippen molar-refractivity contribution in [1.29, 1.82) is 0 Å². The minimum Gasteiger partial charge on any atom is -0.662 e. The van der Waals surface area contributed by atoms with Gasteiger partial charge in [-0.15, -0.1) is 24.4 Å². The molecule has 0 bridgehead atoms. The molecule has 0 spiro atoms. The molecule has 1 saturated carbocycles. The first-order valence-electron chi connectivity index (χ1n) is 11.7. The van der Waals surface area contributed by atoms with Crippen molar-refractivity contribution < 1.29 is 28.2 Å². The summed E-state index contributed by atoms with van der Waals surface area (Å²) in [7, 11) is 1.43. The smallest absolute Gasteiger partial charge is 0.387 e. The van der Waals surface area contributed by atoms with Crippen LogP contribution in [0.25, 0.3) is 15.8 Å². The van der Waals surface area contributed by atoms with Gasteiger partial charge in [-0.1, -0.05) is 43.0 Å². The summed E-state index contributed by atoms with van der Waals surface area (Å²) in [6.45, 7) is 4.68. The van der Waals surface area contributed by atoms with Crippen LogP contribution in [0.5, 0.6) is 11.5 Å². The summed E-state index contributed by atoms with van der Waals surface area (Å²) in [6.07, 6.45) is 3.31. The number of aromatic carboxylic acids is 1. The molecular formula is C27H31F2N2O4S-. The first kappa shape index (κ1) is 27.5. The number of methoxy groups -OCH3 is 1. The van der Waals surface area contributed by atoms with E-state index in [4.69, 9.17) is 9.84 Å². The highest BCUT2D eigenvalue weighted by Crippen LogP contribution is 2.32. The Morgan fingerprint density at radius 2 is 1.89 bits per heavy atom. The molecule has 0 radical (unpaired) electrons. The number of aryl methyl sites for hydroxylation is 3. The molecule has 2 aromatic carbocycles. The van der Waals surface area contributed by atoms with Gasteiger partial charge in [0.1, 0.15) is 0 Å². The third-order valence-corrected chi connectivity index (χ3v) is 6.81. The van der Waals surface area contributed by atoms with Gasteiger partial charge < -0.3 is 19.9 Å². The Morgan fingerprint density at radius 3 is 2.50 bits per heavy atom. The highest BCUT2D eigenvalue weighted by atomic mass is 32.1. The molecule has 0 unspecified atom stereocenters. The average molecular weight is 518 g/mol. The molecule has 0 amide bonds. The predicted octanol–water partition coefficient (Wildman–Crippen LogP) is 7.06. The summed E-state index contributed by atoms with van der Waals surface area (Å²) in [6, 6.07) is 11.1. The lowest BCUT2D eigenvalue weighted by atomic mass is 10.0. The van der Waals surface area contributed by atoms with Crippen LogP contribution in [0.3, 0.4) is 0 Å². The molecule has 1 aromatic heterocycles. The number of carboxylic acids is 1. The van der Waals surface area contributed by atoms with E-state index in [9.17, 15) is 13.6 Å². The molecule has 1 N–H and O–H groups in total. The van der Waals surface area contributed by atoms with Crippen LogP contribution in [0.15, 0.2) is 36.4 Å². The number of thiazole rings is 1. The van der Waals surface area contributed by atoms with E-state index in [1.165, 1.54) is 36.9 Å². The molecule has 4 rings (SSSR count). The number of aromatic nitrogens is 1. The summed E-state index contributed by atoms with van der Waals surface area (Å²) in [5.74, 6) is 0.215. The van der Waals surface area contributed by atoms with E-state index >= 15 is 0 Å². The van der Waals surface area contributed by atoms with E-state index in [1.807, 2.05) is 45.0 Å². The van der Waals surface area contributed by atoms with Crippen LogP contribution in [0.4, 0.5) is 8.78 Å². The second-order valence-corrected chi connectivity index (χ2v) is 9.90. The molecule has 36 heavy (non-hydrogen) atoms. The number of ether oxygens (including phenoxy) is 2. The van der Waals surface area contributed by atoms with Crippen molar-refractivity contribution in [3.05, 3.63) is 69.1 Å². The van der Waals surface area contributed by atoms with E-state index < -0.39 is 12.6 Å². The van der Waals surface area contributed by atoms with Crippen LogP contribution in [-0.4, -0.2) is 42.9 Å². The predicted molar refractivity (Wildman–Crippen MR) is 138 cm³/mol. The van der Waals surface area contributed by atoms with E-state index in [2.05, 4.69) is 15.0 Å². The number of carbonyl (C=O) groups is 1. The van der Waals surface area contributed by atoms with Crippen molar-refractivity contribution in [3.8, 4) is 21.9 Å². The van der Waals surface area contributed by atoms with Gasteiger partial charge in [0.05, 0.1) is 17.0 Å². The van der Waals surface area contributed by atoms with Crippen molar-refractivity contribution in [2.45, 2.75) is 46.6 Å². The minimum atomic E-state index is -2.84. The first-order valence-corrected chi connectivity index (χ1v) is 12.5. The van der Waals surface area contributed by atoms with Gasteiger partial charge in [-0.25, -0.2) is 9.78 Å². The molecular weight excluding hydrogens is 486 g/mol. The Bertz CT molecular complexity index is 1180. The SMILES string of the molecule is COc1ccc(CC[N-]CC2CC2)cc1OC(F)F.Cc1nc(C(=O)O)c(-c2ccc(C)c(C)c2)s1. The zero-order valence-electron chi connectivity index (χ0n) is 20.9. The molecule has 1 aliphatic carbocycles. The zero-order valence-corrected chi connectivity index (χ0v) is 21.7. The second-order valence-electron chi connectivity index (χ2n) is 8.70. The van der Waals surface area contributed by atoms with Crippen molar-refractivity contribution in [2.75, 3.05) is 20.2 Å². The lowest BCUT2D eigenvalue weighted by Crippen LogP contribution is -2.04. The van der Waals surface area contributed by atoms with Gasteiger partial charge in [0.25, 0.3) is 0 Å². The number of benzene rings is 2. The Labute approximate surface area is 214 Å². The van der Waals surface area contributed by atoms with Crippen LogP contribution in [-0.2, 0) is 6.42 Å².